The maximum atomic E-state index is 12.7. The van der Waals surface area contributed by atoms with E-state index in [1.54, 1.807) is 0 Å². The quantitative estimate of drug-likeness (QED) is 0.752. The highest BCUT2D eigenvalue weighted by atomic mass is 16.3. The number of rotatable bonds is 7. The Bertz CT molecular complexity index is 550. The molecule has 24 heavy (non-hydrogen) atoms. The summed E-state index contributed by atoms with van der Waals surface area (Å²) in [7, 11) is 0. The average Bonchev–Trinajstić information content (AvgIpc) is 2.61. The number of benzene rings is 1. The molecule has 0 bridgehead atoms. The van der Waals surface area contributed by atoms with Crippen molar-refractivity contribution in [3.63, 3.8) is 0 Å². The van der Waals surface area contributed by atoms with Gasteiger partial charge in [0, 0.05) is 37.0 Å². The molecule has 0 aliphatic carbocycles. The van der Waals surface area contributed by atoms with E-state index in [0.717, 1.165) is 43.6 Å². The molecule has 2 N–H and O–H groups in total. The lowest BCUT2D eigenvalue weighted by atomic mass is 9.97. The fraction of sp³-hybridized carbons (Fsp3) is 0.550. The van der Waals surface area contributed by atoms with Gasteiger partial charge in [0.25, 0.3) is 5.91 Å². The molecule has 1 aliphatic rings. The number of amides is 1. The van der Waals surface area contributed by atoms with Gasteiger partial charge in [0.15, 0.2) is 0 Å². The molecule has 1 amide bonds. The summed E-state index contributed by atoms with van der Waals surface area (Å²) in [6.45, 7) is 9.83. The molecule has 1 heterocycles. The van der Waals surface area contributed by atoms with E-state index in [1.807, 2.05) is 35.2 Å². The SMILES string of the molecule is C=CCC(C)C(C)Nc1cccc(C(=O)N2CCC(CO)CC2)c1. The third kappa shape index (κ3) is 4.84. The van der Waals surface area contributed by atoms with Gasteiger partial charge in [-0.25, -0.2) is 0 Å². The zero-order valence-corrected chi connectivity index (χ0v) is 14.9. The monoisotopic (exact) mass is 330 g/mol. The van der Waals surface area contributed by atoms with Crippen LogP contribution in [-0.4, -0.2) is 41.7 Å². The summed E-state index contributed by atoms with van der Waals surface area (Å²) in [6, 6.07) is 8.07. The van der Waals surface area contributed by atoms with E-state index in [-0.39, 0.29) is 12.5 Å². The van der Waals surface area contributed by atoms with Gasteiger partial charge in [0.05, 0.1) is 0 Å². The molecule has 0 spiro atoms. The standard InChI is InChI=1S/C20H30N2O2/c1-4-6-15(2)16(3)21-19-8-5-7-18(13-19)20(24)22-11-9-17(14-23)10-12-22/h4-5,7-8,13,15-17,21,23H,1,6,9-12,14H2,2-3H3. The van der Waals surface area contributed by atoms with Gasteiger partial charge in [-0.2, -0.15) is 0 Å². The Kier molecular flexibility index (Phi) is 6.85. The number of anilines is 1. The summed E-state index contributed by atoms with van der Waals surface area (Å²) >= 11 is 0. The first-order valence-corrected chi connectivity index (χ1v) is 8.92. The van der Waals surface area contributed by atoms with Gasteiger partial charge >= 0.3 is 0 Å². The molecule has 0 radical (unpaired) electrons. The molecule has 1 aromatic carbocycles. The summed E-state index contributed by atoms with van der Waals surface area (Å²) in [4.78, 5) is 14.6. The lowest BCUT2D eigenvalue weighted by Gasteiger charge is -2.31. The fourth-order valence-electron chi connectivity index (χ4n) is 3.12. The zero-order valence-electron chi connectivity index (χ0n) is 14.9. The van der Waals surface area contributed by atoms with Gasteiger partial charge in [0.1, 0.15) is 0 Å². The van der Waals surface area contributed by atoms with E-state index in [4.69, 9.17) is 0 Å². The van der Waals surface area contributed by atoms with E-state index >= 15 is 0 Å². The normalized spacial score (nSPS) is 18.0. The molecule has 1 aromatic rings. The number of aliphatic hydroxyl groups excluding tert-OH is 1. The van der Waals surface area contributed by atoms with Crippen molar-refractivity contribution in [2.75, 3.05) is 25.0 Å². The lowest BCUT2D eigenvalue weighted by molar-refractivity contribution is 0.0651. The Labute approximate surface area is 145 Å². The second-order valence-corrected chi connectivity index (χ2v) is 6.93. The van der Waals surface area contributed by atoms with Crippen LogP contribution in [0.25, 0.3) is 0 Å². The van der Waals surface area contributed by atoms with Crippen molar-refractivity contribution in [2.45, 2.75) is 39.2 Å². The van der Waals surface area contributed by atoms with Crippen molar-refractivity contribution >= 4 is 11.6 Å². The molecular weight excluding hydrogens is 300 g/mol. The van der Waals surface area contributed by atoms with Crippen LogP contribution in [0.1, 0.15) is 43.5 Å². The molecule has 4 heteroatoms. The van der Waals surface area contributed by atoms with Crippen LogP contribution in [0.3, 0.4) is 0 Å². The zero-order chi connectivity index (χ0) is 17.5. The minimum Gasteiger partial charge on any atom is -0.396 e. The number of allylic oxidation sites excluding steroid dienone is 1. The van der Waals surface area contributed by atoms with Crippen molar-refractivity contribution in [1.29, 1.82) is 0 Å². The van der Waals surface area contributed by atoms with Gasteiger partial charge in [-0.15, -0.1) is 6.58 Å². The first kappa shape index (κ1) is 18.5. The maximum absolute atomic E-state index is 12.7. The summed E-state index contributed by atoms with van der Waals surface area (Å²) in [6.07, 6.45) is 4.68. The van der Waals surface area contributed by atoms with E-state index in [2.05, 4.69) is 25.7 Å². The summed E-state index contributed by atoms with van der Waals surface area (Å²) in [5.41, 5.74) is 1.71. The van der Waals surface area contributed by atoms with Crippen LogP contribution in [0.5, 0.6) is 0 Å². The Morgan fingerprint density at radius 1 is 1.42 bits per heavy atom. The molecule has 2 unspecified atom stereocenters. The molecule has 4 nitrogen and oxygen atoms in total. The smallest absolute Gasteiger partial charge is 0.253 e. The number of hydrogen-bond acceptors (Lipinski definition) is 3. The van der Waals surface area contributed by atoms with Crippen molar-refractivity contribution < 1.29 is 9.90 Å². The Morgan fingerprint density at radius 2 is 2.12 bits per heavy atom. The Balaban J connectivity index is 1.99. The topological polar surface area (TPSA) is 52.6 Å². The molecular formula is C20H30N2O2. The lowest BCUT2D eigenvalue weighted by Crippen LogP contribution is -2.39. The Hall–Kier alpha value is -1.81. The third-order valence-corrected chi connectivity index (χ3v) is 5.06. The van der Waals surface area contributed by atoms with Crippen molar-refractivity contribution in [2.24, 2.45) is 11.8 Å². The first-order valence-electron chi connectivity index (χ1n) is 8.92. The third-order valence-electron chi connectivity index (χ3n) is 5.06. The predicted octanol–water partition coefficient (Wildman–Crippen LogP) is 3.54. The number of piperidine rings is 1. The Morgan fingerprint density at radius 3 is 2.75 bits per heavy atom. The van der Waals surface area contributed by atoms with Gasteiger partial charge in [0.2, 0.25) is 0 Å². The number of carbonyl (C=O) groups is 1. The minimum absolute atomic E-state index is 0.0850. The highest BCUT2D eigenvalue weighted by Crippen LogP contribution is 2.21. The molecule has 1 aliphatic heterocycles. The minimum atomic E-state index is 0.0850. The van der Waals surface area contributed by atoms with Gasteiger partial charge < -0.3 is 15.3 Å². The van der Waals surface area contributed by atoms with E-state index in [1.165, 1.54) is 0 Å². The van der Waals surface area contributed by atoms with Gasteiger partial charge in [-0.1, -0.05) is 19.1 Å². The number of aliphatic hydroxyl groups is 1. The predicted molar refractivity (Wildman–Crippen MR) is 99.2 cm³/mol. The van der Waals surface area contributed by atoms with Crippen LogP contribution < -0.4 is 5.32 Å². The molecule has 0 saturated carbocycles. The van der Waals surface area contributed by atoms with Gasteiger partial charge in [-0.3, -0.25) is 4.79 Å². The van der Waals surface area contributed by atoms with Gasteiger partial charge in [-0.05, 0) is 56.2 Å². The molecule has 2 rings (SSSR count). The highest BCUT2D eigenvalue weighted by molar-refractivity contribution is 5.95. The fourth-order valence-corrected chi connectivity index (χ4v) is 3.12. The first-order chi connectivity index (χ1) is 11.5. The highest BCUT2D eigenvalue weighted by Gasteiger charge is 2.23. The number of nitrogens with zero attached hydrogens (tertiary/aromatic N) is 1. The van der Waals surface area contributed by atoms with E-state index in [9.17, 15) is 9.90 Å². The molecule has 132 valence electrons. The van der Waals surface area contributed by atoms with Crippen LogP contribution >= 0.6 is 0 Å². The number of likely N-dealkylation sites (tertiary alicyclic amines) is 1. The summed E-state index contributed by atoms with van der Waals surface area (Å²) in [5, 5.41) is 12.7. The van der Waals surface area contributed by atoms with E-state index < -0.39 is 0 Å². The summed E-state index contributed by atoms with van der Waals surface area (Å²) in [5.74, 6) is 0.912. The van der Waals surface area contributed by atoms with Crippen LogP contribution in [0.2, 0.25) is 0 Å². The van der Waals surface area contributed by atoms with E-state index in [0.29, 0.717) is 17.9 Å². The number of hydrogen-bond donors (Lipinski definition) is 2. The molecule has 1 fully saturated rings. The molecule has 2 atom stereocenters. The average molecular weight is 330 g/mol. The van der Waals surface area contributed by atoms with Crippen molar-refractivity contribution in [3.8, 4) is 0 Å². The van der Waals surface area contributed by atoms with Crippen LogP contribution in [-0.2, 0) is 0 Å². The summed E-state index contributed by atoms with van der Waals surface area (Å²) < 4.78 is 0. The number of carbonyl (C=O) groups excluding carboxylic acids is 1. The number of nitrogens with one attached hydrogen (secondary N) is 1. The molecule has 0 aromatic heterocycles. The van der Waals surface area contributed by atoms with Crippen LogP contribution in [0, 0.1) is 11.8 Å². The van der Waals surface area contributed by atoms with Crippen LogP contribution in [0.15, 0.2) is 36.9 Å². The second kappa shape index (κ2) is 8.88. The van der Waals surface area contributed by atoms with Crippen LogP contribution in [0.4, 0.5) is 5.69 Å². The molecule has 1 saturated heterocycles. The van der Waals surface area contributed by atoms with Crippen molar-refractivity contribution in [1.82, 2.24) is 4.90 Å². The second-order valence-electron chi connectivity index (χ2n) is 6.93. The largest absolute Gasteiger partial charge is 0.396 e. The van der Waals surface area contributed by atoms with Crippen molar-refractivity contribution in [3.05, 3.63) is 42.5 Å². The maximum Gasteiger partial charge on any atom is 0.253 e.